The lowest BCUT2D eigenvalue weighted by atomic mass is 9.90. The number of hydrogen-bond acceptors (Lipinski definition) is 3. The fourth-order valence-corrected chi connectivity index (χ4v) is 5.87. The Kier molecular flexibility index (Phi) is 6.61. The van der Waals surface area contributed by atoms with Crippen LogP contribution in [-0.2, 0) is 9.84 Å². The molecule has 1 aliphatic rings. The summed E-state index contributed by atoms with van der Waals surface area (Å²) in [4.78, 5) is 2.95. The second-order valence-electron chi connectivity index (χ2n) is 8.73. The molecule has 1 fully saturated rings. The van der Waals surface area contributed by atoms with Crippen molar-refractivity contribution < 1.29 is 8.42 Å². The number of benzene rings is 2. The van der Waals surface area contributed by atoms with Gasteiger partial charge >= 0.3 is 0 Å². The summed E-state index contributed by atoms with van der Waals surface area (Å²) < 4.78 is 25.5. The molecule has 3 nitrogen and oxygen atoms in total. The third-order valence-electron chi connectivity index (χ3n) is 6.06. The van der Waals surface area contributed by atoms with Crippen LogP contribution in [0.1, 0.15) is 56.6 Å². The van der Waals surface area contributed by atoms with E-state index in [1.807, 2.05) is 32.9 Å². The predicted molar refractivity (Wildman–Crippen MR) is 117 cm³/mol. The Morgan fingerprint density at radius 3 is 2.54 bits per heavy atom. The van der Waals surface area contributed by atoms with Crippen LogP contribution >= 0.6 is 0 Å². The molecule has 2 aromatic rings. The Balaban J connectivity index is 1.57. The zero-order valence-corrected chi connectivity index (χ0v) is 18.2. The third-order valence-corrected chi connectivity index (χ3v) is 8.59. The Bertz CT molecular complexity index is 874. The molecule has 28 heavy (non-hydrogen) atoms. The first kappa shape index (κ1) is 21.1. The largest absolute Gasteiger partial charge is 0.303 e. The van der Waals surface area contributed by atoms with Gasteiger partial charge in [0, 0.05) is 6.54 Å². The summed E-state index contributed by atoms with van der Waals surface area (Å²) in [6, 6.07) is 18.0. The number of sulfone groups is 1. The molecule has 0 bridgehead atoms. The van der Waals surface area contributed by atoms with E-state index < -0.39 is 14.6 Å². The smallest absolute Gasteiger partial charge is 0.183 e. The van der Waals surface area contributed by atoms with Gasteiger partial charge in [0.1, 0.15) is 0 Å². The molecule has 4 heteroatoms. The molecule has 1 unspecified atom stereocenters. The standard InChI is InChI=1S/C24H33NO2S/c1-20-10-7-14-23(18-20)28(26,27)24(2,3)15-9-17-25-16-8-13-22(19-25)21-11-5-4-6-12-21/h4-7,10-12,14,18,22H,8-9,13,15-17,19H2,1-3H3. The quantitative estimate of drug-likeness (QED) is 0.641. The molecule has 0 spiro atoms. The predicted octanol–water partition coefficient (Wildman–Crippen LogP) is 5.21. The Morgan fingerprint density at radius 2 is 1.82 bits per heavy atom. The summed E-state index contributed by atoms with van der Waals surface area (Å²) in [6.45, 7) is 8.84. The minimum absolute atomic E-state index is 0.444. The number of rotatable bonds is 7. The van der Waals surface area contributed by atoms with Gasteiger partial charge < -0.3 is 4.90 Å². The number of likely N-dealkylation sites (tertiary alicyclic amines) is 1. The van der Waals surface area contributed by atoms with Crippen LogP contribution in [0.25, 0.3) is 0 Å². The van der Waals surface area contributed by atoms with Crippen LogP contribution in [0.5, 0.6) is 0 Å². The maximum atomic E-state index is 13.1. The van der Waals surface area contributed by atoms with Crippen LogP contribution in [0, 0.1) is 6.92 Å². The van der Waals surface area contributed by atoms with Crippen molar-refractivity contribution >= 4 is 9.84 Å². The van der Waals surface area contributed by atoms with Crippen molar-refractivity contribution in [3.05, 3.63) is 65.7 Å². The van der Waals surface area contributed by atoms with Crippen LogP contribution in [0.4, 0.5) is 0 Å². The molecular formula is C24H33NO2S. The highest BCUT2D eigenvalue weighted by molar-refractivity contribution is 7.92. The summed E-state index contributed by atoms with van der Waals surface area (Å²) >= 11 is 0. The van der Waals surface area contributed by atoms with E-state index in [2.05, 4.69) is 35.2 Å². The second kappa shape index (κ2) is 8.79. The van der Waals surface area contributed by atoms with Crippen molar-refractivity contribution in [1.29, 1.82) is 0 Å². The van der Waals surface area contributed by atoms with Gasteiger partial charge in [-0.15, -0.1) is 0 Å². The van der Waals surface area contributed by atoms with Crippen LogP contribution in [0.15, 0.2) is 59.5 Å². The molecule has 152 valence electrons. The van der Waals surface area contributed by atoms with Crippen molar-refractivity contribution in [3.8, 4) is 0 Å². The van der Waals surface area contributed by atoms with Crippen LogP contribution < -0.4 is 0 Å². The molecule has 1 saturated heterocycles. The van der Waals surface area contributed by atoms with Crippen molar-refractivity contribution in [1.82, 2.24) is 4.90 Å². The van der Waals surface area contributed by atoms with E-state index in [0.717, 1.165) is 31.6 Å². The molecule has 2 aromatic carbocycles. The van der Waals surface area contributed by atoms with Crippen molar-refractivity contribution in [3.63, 3.8) is 0 Å². The Hall–Kier alpha value is -1.65. The SMILES string of the molecule is Cc1cccc(S(=O)(=O)C(C)(C)CCCN2CCCC(c3ccccc3)C2)c1. The van der Waals surface area contributed by atoms with E-state index in [1.165, 1.54) is 18.4 Å². The Labute approximate surface area is 170 Å². The average Bonchev–Trinajstić information content (AvgIpc) is 2.68. The number of aryl methyl sites for hydroxylation is 1. The molecule has 3 rings (SSSR count). The fraction of sp³-hybridized carbons (Fsp3) is 0.500. The summed E-state index contributed by atoms with van der Waals surface area (Å²) in [6.07, 6.45) is 4.04. The zero-order valence-electron chi connectivity index (χ0n) is 17.4. The monoisotopic (exact) mass is 399 g/mol. The lowest BCUT2D eigenvalue weighted by Crippen LogP contribution is -2.37. The van der Waals surface area contributed by atoms with Crippen LogP contribution in [-0.4, -0.2) is 37.7 Å². The summed E-state index contributed by atoms with van der Waals surface area (Å²) in [5.74, 6) is 0.596. The minimum atomic E-state index is -3.34. The number of nitrogens with zero attached hydrogens (tertiary/aromatic N) is 1. The van der Waals surface area contributed by atoms with Gasteiger partial charge in [-0.1, -0.05) is 42.5 Å². The highest BCUT2D eigenvalue weighted by Gasteiger charge is 2.35. The van der Waals surface area contributed by atoms with Gasteiger partial charge in [-0.3, -0.25) is 0 Å². The first-order valence-corrected chi connectivity index (χ1v) is 11.9. The van der Waals surface area contributed by atoms with Gasteiger partial charge in [0.2, 0.25) is 0 Å². The van der Waals surface area contributed by atoms with Gasteiger partial charge in [0.05, 0.1) is 9.64 Å². The average molecular weight is 400 g/mol. The van der Waals surface area contributed by atoms with Gasteiger partial charge in [-0.05, 0) is 88.7 Å². The van der Waals surface area contributed by atoms with Crippen molar-refractivity contribution in [2.75, 3.05) is 19.6 Å². The van der Waals surface area contributed by atoms with E-state index in [9.17, 15) is 8.42 Å². The first-order chi connectivity index (χ1) is 13.3. The van der Waals surface area contributed by atoms with Crippen molar-refractivity contribution in [2.24, 2.45) is 0 Å². The normalized spacial score (nSPS) is 18.9. The fourth-order valence-electron chi connectivity index (χ4n) is 4.22. The van der Waals surface area contributed by atoms with E-state index in [4.69, 9.17) is 0 Å². The molecule has 1 aliphatic heterocycles. The van der Waals surface area contributed by atoms with Crippen molar-refractivity contribution in [2.45, 2.75) is 62.0 Å². The van der Waals surface area contributed by atoms with Gasteiger partial charge in [-0.25, -0.2) is 8.42 Å². The van der Waals surface area contributed by atoms with Crippen LogP contribution in [0.2, 0.25) is 0 Å². The zero-order chi connectivity index (χ0) is 20.2. The summed E-state index contributed by atoms with van der Waals surface area (Å²) in [5.41, 5.74) is 2.41. The Morgan fingerprint density at radius 1 is 1.07 bits per heavy atom. The van der Waals surface area contributed by atoms with E-state index in [0.29, 0.717) is 17.2 Å². The minimum Gasteiger partial charge on any atom is -0.303 e. The highest BCUT2D eigenvalue weighted by atomic mass is 32.2. The third kappa shape index (κ3) is 4.84. The molecule has 1 heterocycles. The van der Waals surface area contributed by atoms with E-state index in [1.54, 1.807) is 12.1 Å². The summed E-state index contributed by atoms with van der Waals surface area (Å²) in [7, 11) is -3.34. The maximum absolute atomic E-state index is 13.1. The number of hydrogen-bond donors (Lipinski definition) is 0. The molecule has 0 aromatic heterocycles. The molecule has 0 radical (unpaired) electrons. The lowest BCUT2D eigenvalue weighted by molar-refractivity contribution is 0.202. The van der Waals surface area contributed by atoms with E-state index in [-0.39, 0.29) is 0 Å². The number of piperidine rings is 1. The second-order valence-corrected chi connectivity index (χ2v) is 11.3. The van der Waals surface area contributed by atoms with E-state index >= 15 is 0 Å². The van der Waals surface area contributed by atoms with Gasteiger partial charge in [0.25, 0.3) is 0 Å². The molecular weight excluding hydrogens is 366 g/mol. The van der Waals surface area contributed by atoms with Gasteiger partial charge in [-0.2, -0.15) is 0 Å². The first-order valence-electron chi connectivity index (χ1n) is 10.4. The molecule has 0 N–H and O–H groups in total. The van der Waals surface area contributed by atoms with Crippen LogP contribution in [0.3, 0.4) is 0 Å². The highest BCUT2D eigenvalue weighted by Crippen LogP contribution is 2.31. The molecule has 0 saturated carbocycles. The molecule has 0 amide bonds. The molecule has 1 atom stereocenters. The van der Waals surface area contributed by atoms with Gasteiger partial charge in [0.15, 0.2) is 9.84 Å². The molecule has 0 aliphatic carbocycles. The lowest BCUT2D eigenvalue weighted by Gasteiger charge is -2.34. The maximum Gasteiger partial charge on any atom is 0.183 e. The topological polar surface area (TPSA) is 37.4 Å². The summed E-state index contributed by atoms with van der Waals surface area (Å²) in [5, 5.41) is 0.